The third kappa shape index (κ3) is 2.96. The SMILES string of the molecule is CC(NC(=O)c1ccccc1C(F)(F)F)C12CC3CC(CC(C3)C1)C2. The number of halogens is 3. The monoisotopic (exact) mass is 351 g/mol. The van der Waals surface area contributed by atoms with Crippen molar-refractivity contribution in [1.29, 1.82) is 0 Å². The van der Waals surface area contributed by atoms with Crippen LogP contribution in [0.25, 0.3) is 0 Å². The van der Waals surface area contributed by atoms with Crippen molar-refractivity contribution in [3.8, 4) is 0 Å². The van der Waals surface area contributed by atoms with Gasteiger partial charge in [-0.3, -0.25) is 4.79 Å². The highest BCUT2D eigenvalue weighted by Gasteiger charge is 2.53. The molecule has 4 fully saturated rings. The van der Waals surface area contributed by atoms with Gasteiger partial charge in [0.2, 0.25) is 0 Å². The van der Waals surface area contributed by atoms with E-state index in [1.807, 2.05) is 6.92 Å². The zero-order valence-electron chi connectivity index (χ0n) is 14.4. The van der Waals surface area contributed by atoms with Gasteiger partial charge in [0.05, 0.1) is 11.1 Å². The fourth-order valence-electron chi connectivity index (χ4n) is 6.06. The Kier molecular flexibility index (Phi) is 3.89. The molecule has 1 N–H and O–H groups in total. The minimum atomic E-state index is -4.52. The fraction of sp³-hybridized carbons (Fsp3) is 0.650. The lowest BCUT2D eigenvalue weighted by atomic mass is 9.48. The van der Waals surface area contributed by atoms with Crippen LogP contribution in [0.5, 0.6) is 0 Å². The van der Waals surface area contributed by atoms with Gasteiger partial charge >= 0.3 is 6.18 Å². The van der Waals surface area contributed by atoms with E-state index in [0.717, 1.165) is 43.1 Å². The fourth-order valence-corrected chi connectivity index (χ4v) is 6.06. The first-order valence-electron chi connectivity index (χ1n) is 9.24. The summed E-state index contributed by atoms with van der Waals surface area (Å²) in [6.07, 6.45) is 2.73. The van der Waals surface area contributed by atoms with Crippen LogP contribution in [0.3, 0.4) is 0 Å². The van der Waals surface area contributed by atoms with E-state index >= 15 is 0 Å². The molecular weight excluding hydrogens is 327 g/mol. The summed E-state index contributed by atoms with van der Waals surface area (Å²) < 4.78 is 39.5. The zero-order chi connectivity index (χ0) is 17.8. The number of nitrogens with one attached hydrogen (secondary N) is 1. The Bertz CT molecular complexity index is 646. The van der Waals surface area contributed by atoms with Gasteiger partial charge in [0, 0.05) is 6.04 Å². The molecule has 0 heterocycles. The molecule has 4 aliphatic rings. The number of carbonyl (C=O) groups is 1. The zero-order valence-corrected chi connectivity index (χ0v) is 14.4. The third-order valence-corrected chi connectivity index (χ3v) is 6.83. The van der Waals surface area contributed by atoms with Gasteiger partial charge in [-0.05, 0) is 80.8 Å². The Morgan fingerprint density at radius 3 is 2.12 bits per heavy atom. The van der Waals surface area contributed by atoms with Crippen molar-refractivity contribution in [3.05, 3.63) is 35.4 Å². The number of benzene rings is 1. The molecule has 0 aromatic heterocycles. The summed E-state index contributed by atoms with van der Waals surface area (Å²) in [5.41, 5.74) is -1.05. The topological polar surface area (TPSA) is 29.1 Å². The maximum Gasteiger partial charge on any atom is 0.417 e. The number of amides is 1. The van der Waals surface area contributed by atoms with E-state index in [2.05, 4.69) is 5.32 Å². The molecule has 136 valence electrons. The van der Waals surface area contributed by atoms with E-state index in [9.17, 15) is 18.0 Å². The van der Waals surface area contributed by atoms with Gasteiger partial charge in [0.1, 0.15) is 0 Å². The molecule has 4 bridgehead atoms. The number of alkyl halides is 3. The van der Waals surface area contributed by atoms with Crippen LogP contribution in [0.4, 0.5) is 13.2 Å². The summed E-state index contributed by atoms with van der Waals surface area (Å²) in [7, 11) is 0. The van der Waals surface area contributed by atoms with Gasteiger partial charge in [-0.15, -0.1) is 0 Å². The third-order valence-electron chi connectivity index (χ3n) is 6.83. The van der Waals surface area contributed by atoms with E-state index in [4.69, 9.17) is 0 Å². The van der Waals surface area contributed by atoms with Crippen LogP contribution in [0.15, 0.2) is 24.3 Å². The second-order valence-corrected chi connectivity index (χ2v) is 8.52. The quantitative estimate of drug-likeness (QED) is 0.812. The average molecular weight is 351 g/mol. The van der Waals surface area contributed by atoms with Crippen LogP contribution in [0.2, 0.25) is 0 Å². The van der Waals surface area contributed by atoms with E-state index in [0.29, 0.717) is 0 Å². The molecule has 1 aromatic carbocycles. The standard InChI is InChI=1S/C20H24F3NO/c1-12(19-9-13-6-14(10-19)8-15(7-13)11-19)24-18(25)16-4-2-3-5-17(16)20(21,22)23/h2-5,12-15H,6-11H2,1H3,(H,24,25). The maximum absolute atomic E-state index is 13.2. The minimum absolute atomic E-state index is 0.0809. The van der Waals surface area contributed by atoms with Gasteiger partial charge in [-0.1, -0.05) is 12.1 Å². The van der Waals surface area contributed by atoms with Crippen molar-refractivity contribution in [3.63, 3.8) is 0 Å². The van der Waals surface area contributed by atoms with Gasteiger partial charge in [0.25, 0.3) is 5.91 Å². The lowest BCUT2D eigenvalue weighted by Crippen LogP contribution is -2.55. The number of carbonyl (C=O) groups excluding carboxylic acids is 1. The molecule has 2 nitrogen and oxygen atoms in total. The summed E-state index contributed by atoms with van der Waals surface area (Å²) in [5.74, 6) is 1.63. The van der Waals surface area contributed by atoms with E-state index < -0.39 is 17.6 Å². The molecule has 1 unspecified atom stereocenters. The highest BCUT2D eigenvalue weighted by molar-refractivity contribution is 5.96. The number of hydrogen-bond donors (Lipinski definition) is 1. The van der Waals surface area contributed by atoms with E-state index in [1.54, 1.807) is 0 Å². The first-order chi connectivity index (χ1) is 11.8. The first-order valence-corrected chi connectivity index (χ1v) is 9.24. The molecule has 4 saturated carbocycles. The highest BCUT2D eigenvalue weighted by Crippen LogP contribution is 2.61. The molecule has 0 spiro atoms. The Hall–Kier alpha value is -1.52. The van der Waals surface area contributed by atoms with Crippen LogP contribution in [-0.4, -0.2) is 11.9 Å². The second kappa shape index (κ2) is 5.75. The summed E-state index contributed by atoms with van der Waals surface area (Å²) in [5, 5.41) is 2.93. The number of hydrogen-bond acceptors (Lipinski definition) is 1. The van der Waals surface area contributed by atoms with E-state index in [1.165, 1.54) is 37.5 Å². The molecule has 1 atom stereocenters. The molecule has 1 aromatic rings. The maximum atomic E-state index is 13.2. The van der Waals surface area contributed by atoms with Gasteiger partial charge in [0.15, 0.2) is 0 Å². The lowest BCUT2D eigenvalue weighted by Gasteiger charge is -2.59. The Morgan fingerprint density at radius 2 is 1.60 bits per heavy atom. The van der Waals surface area contributed by atoms with Crippen LogP contribution in [-0.2, 0) is 6.18 Å². The van der Waals surface area contributed by atoms with E-state index in [-0.39, 0.29) is 17.0 Å². The lowest BCUT2D eigenvalue weighted by molar-refractivity contribution is -0.138. The predicted octanol–water partition coefficient (Wildman–Crippen LogP) is 5.04. The summed E-state index contributed by atoms with van der Waals surface area (Å²) in [6, 6.07) is 4.96. The Labute approximate surface area is 146 Å². The Balaban J connectivity index is 1.54. The van der Waals surface area contributed by atoms with Crippen molar-refractivity contribution in [1.82, 2.24) is 5.32 Å². The summed E-state index contributed by atoms with van der Waals surface area (Å²) >= 11 is 0. The van der Waals surface area contributed by atoms with Crippen LogP contribution >= 0.6 is 0 Å². The van der Waals surface area contributed by atoms with Crippen molar-refractivity contribution in [2.75, 3.05) is 0 Å². The van der Waals surface area contributed by atoms with Crippen molar-refractivity contribution in [2.45, 2.75) is 57.7 Å². The Morgan fingerprint density at radius 1 is 1.08 bits per heavy atom. The van der Waals surface area contributed by atoms with Crippen molar-refractivity contribution >= 4 is 5.91 Å². The molecule has 0 radical (unpaired) electrons. The predicted molar refractivity (Wildman–Crippen MR) is 89.0 cm³/mol. The molecular formula is C20H24F3NO. The first kappa shape index (κ1) is 16.9. The molecule has 4 aliphatic carbocycles. The minimum Gasteiger partial charge on any atom is -0.349 e. The smallest absolute Gasteiger partial charge is 0.349 e. The summed E-state index contributed by atoms with van der Waals surface area (Å²) in [6.45, 7) is 1.99. The molecule has 0 aliphatic heterocycles. The largest absolute Gasteiger partial charge is 0.417 e. The second-order valence-electron chi connectivity index (χ2n) is 8.52. The van der Waals surface area contributed by atoms with Crippen molar-refractivity contribution < 1.29 is 18.0 Å². The van der Waals surface area contributed by atoms with Crippen LogP contribution in [0.1, 0.15) is 61.4 Å². The molecule has 5 heteroatoms. The molecule has 25 heavy (non-hydrogen) atoms. The summed E-state index contributed by atoms with van der Waals surface area (Å²) in [4.78, 5) is 12.6. The van der Waals surface area contributed by atoms with Crippen LogP contribution in [0, 0.1) is 23.2 Å². The average Bonchev–Trinajstić information content (AvgIpc) is 2.52. The molecule has 0 saturated heterocycles. The van der Waals surface area contributed by atoms with Crippen LogP contribution < -0.4 is 5.32 Å². The molecule has 5 rings (SSSR count). The normalized spacial score (nSPS) is 34.8. The van der Waals surface area contributed by atoms with Gasteiger partial charge in [-0.2, -0.15) is 13.2 Å². The molecule has 1 amide bonds. The highest BCUT2D eigenvalue weighted by atomic mass is 19.4. The number of rotatable bonds is 3. The van der Waals surface area contributed by atoms with Crippen molar-refractivity contribution in [2.24, 2.45) is 23.2 Å². The van der Waals surface area contributed by atoms with Gasteiger partial charge in [-0.25, -0.2) is 0 Å². The van der Waals surface area contributed by atoms with Gasteiger partial charge < -0.3 is 5.32 Å².